The molecule has 5 rings (SSSR count). The number of rotatable bonds is 5. The molecule has 3 atom stereocenters. The van der Waals surface area contributed by atoms with Crippen molar-refractivity contribution in [1.82, 2.24) is 19.4 Å². The lowest BCUT2D eigenvalue weighted by Crippen LogP contribution is -2.58. The first kappa shape index (κ1) is 23.4. The summed E-state index contributed by atoms with van der Waals surface area (Å²) in [6.45, 7) is 7.64. The second-order valence-corrected chi connectivity index (χ2v) is 9.98. The third-order valence-electron chi connectivity index (χ3n) is 7.58. The monoisotopic (exact) mass is 474 g/mol. The summed E-state index contributed by atoms with van der Waals surface area (Å²) in [6.07, 6.45) is 3.11. The van der Waals surface area contributed by atoms with Crippen LogP contribution >= 0.6 is 0 Å². The SMILES string of the molecule is CCC(c1ccc(C2CC2)cc1F)N1C[C@H](C)N(c2nc(=O)n(C)c3ccc(C#N)nc23)C[C@H]1C. The summed E-state index contributed by atoms with van der Waals surface area (Å²) < 4.78 is 16.7. The molecule has 3 aromatic rings. The molecule has 2 aliphatic rings. The van der Waals surface area contributed by atoms with E-state index in [9.17, 15) is 10.1 Å². The Kier molecular flexibility index (Phi) is 6.06. The molecule has 1 unspecified atom stereocenters. The number of benzene rings is 1. The fraction of sp³-hybridized carbons (Fsp3) is 0.481. The van der Waals surface area contributed by atoms with Crippen LogP contribution in [0.25, 0.3) is 11.0 Å². The molecular weight excluding hydrogens is 443 g/mol. The van der Waals surface area contributed by atoms with E-state index in [4.69, 9.17) is 0 Å². The molecule has 1 aromatic carbocycles. The first-order valence-electron chi connectivity index (χ1n) is 12.4. The second kappa shape index (κ2) is 9.04. The lowest BCUT2D eigenvalue weighted by Gasteiger charge is -2.48. The first-order chi connectivity index (χ1) is 16.8. The predicted molar refractivity (Wildman–Crippen MR) is 134 cm³/mol. The van der Waals surface area contributed by atoms with Crippen molar-refractivity contribution in [2.24, 2.45) is 7.05 Å². The predicted octanol–water partition coefficient (Wildman–Crippen LogP) is 4.27. The Balaban J connectivity index is 1.47. The molecule has 1 aliphatic heterocycles. The Hall–Kier alpha value is -3.31. The molecule has 1 aliphatic carbocycles. The molecule has 0 spiro atoms. The number of hydrogen-bond acceptors (Lipinski definition) is 6. The first-order valence-corrected chi connectivity index (χ1v) is 12.4. The van der Waals surface area contributed by atoms with Crippen LogP contribution in [0.4, 0.5) is 10.2 Å². The molecule has 2 aromatic heterocycles. The van der Waals surface area contributed by atoms with Gasteiger partial charge in [-0.05, 0) is 62.8 Å². The summed E-state index contributed by atoms with van der Waals surface area (Å²) in [4.78, 5) is 26.0. The van der Waals surface area contributed by atoms with E-state index in [-0.39, 0.29) is 35.3 Å². The van der Waals surface area contributed by atoms with E-state index in [2.05, 4.69) is 52.7 Å². The molecule has 1 saturated heterocycles. The molecule has 0 radical (unpaired) electrons. The van der Waals surface area contributed by atoms with Gasteiger partial charge >= 0.3 is 5.69 Å². The number of aromatic nitrogens is 3. The van der Waals surface area contributed by atoms with Gasteiger partial charge in [0.15, 0.2) is 5.82 Å². The van der Waals surface area contributed by atoms with Crippen LogP contribution in [-0.4, -0.2) is 44.6 Å². The number of piperazine rings is 1. The molecule has 0 N–H and O–H groups in total. The zero-order valence-corrected chi connectivity index (χ0v) is 20.7. The largest absolute Gasteiger partial charge is 0.349 e. The van der Waals surface area contributed by atoms with Crippen molar-refractivity contribution in [2.75, 3.05) is 18.0 Å². The summed E-state index contributed by atoms with van der Waals surface area (Å²) in [6, 6.07) is 11.3. The van der Waals surface area contributed by atoms with Crippen LogP contribution in [0.3, 0.4) is 0 Å². The number of fused-ring (bicyclic) bond motifs is 1. The van der Waals surface area contributed by atoms with Gasteiger partial charge in [-0.15, -0.1) is 0 Å². The van der Waals surface area contributed by atoms with E-state index < -0.39 is 0 Å². The van der Waals surface area contributed by atoms with Gasteiger partial charge in [-0.2, -0.15) is 10.2 Å². The maximum absolute atomic E-state index is 15.2. The molecular formula is C27H31FN6O. The summed E-state index contributed by atoms with van der Waals surface area (Å²) >= 11 is 0. The fourth-order valence-electron chi connectivity index (χ4n) is 5.47. The van der Waals surface area contributed by atoms with E-state index >= 15 is 4.39 Å². The average Bonchev–Trinajstić information content (AvgIpc) is 3.70. The van der Waals surface area contributed by atoms with Gasteiger partial charge in [0.25, 0.3) is 0 Å². The van der Waals surface area contributed by atoms with Crippen LogP contribution in [0.15, 0.2) is 35.1 Å². The van der Waals surface area contributed by atoms with Crippen molar-refractivity contribution in [1.29, 1.82) is 5.26 Å². The van der Waals surface area contributed by atoms with Crippen molar-refractivity contribution in [3.8, 4) is 6.07 Å². The van der Waals surface area contributed by atoms with Gasteiger partial charge in [0, 0.05) is 43.8 Å². The van der Waals surface area contributed by atoms with Crippen molar-refractivity contribution < 1.29 is 4.39 Å². The van der Waals surface area contributed by atoms with Crippen molar-refractivity contribution in [2.45, 2.75) is 64.1 Å². The quantitative estimate of drug-likeness (QED) is 0.550. The minimum atomic E-state index is -0.356. The summed E-state index contributed by atoms with van der Waals surface area (Å²) in [5, 5.41) is 9.37. The third-order valence-corrected chi connectivity index (χ3v) is 7.58. The summed E-state index contributed by atoms with van der Waals surface area (Å²) in [7, 11) is 1.66. The Labute approximate surface area is 204 Å². The fourth-order valence-corrected chi connectivity index (χ4v) is 5.47. The number of nitriles is 1. The zero-order chi connectivity index (χ0) is 24.9. The maximum atomic E-state index is 15.2. The average molecular weight is 475 g/mol. The van der Waals surface area contributed by atoms with E-state index in [1.165, 1.54) is 4.57 Å². The number of hydrogen-bond donors (Lipinski definition) is 0. The summed E-state index contributed by atoms with van der Waals surface area (Å²) in [5.41, 5.74) is 2.99. The minimum Gasteiger partial charge on any atom is -0.349 e. The van der Waals surface area contributed by atoms with Crippen LogP contribution in [0.1, 0.15) is 68.8 Å². The molecule has 7 nitrogen and oxygen atoms in total. The van der Waals surface area contributed by atoms with Gasteiger partial charge in [0.1, 0.15) is 23.1 Å². The zero-order valence-electron chi connectivity index (χ0n) is 20.7. The second-order valence-electron chi connectivity index (χ2n) is 9.98. The van der Waals surface area contributed by atoms with Gasteiger partial charge in [0.05, 0.1) is 5.52 Å². The lowest BCUT2D eigenvalue weighted by molar-refractivity contribution is 0.104. The van der Waals surface area contributed by atoms with Crippen LogP contribution in [0, 0.1) is 17.1 Å². The number of aryl methyl sites for hydroxylation is 1. The van der Waals surface area contributed by atoms with Crippen LogP contribution < -0.4 is 10.6 Å². The summed E-state index contributed by atoms with van der Waals surface area (Å²) in [5.74, 6) is 0.917. The van der Waals surface area contributed by atoms with Crippen LogP contribution in [-0.2, 0) is 7.05 Å². The van der Waals surface area contributed by atoms with Gasteiger partial charge in [-0.1, -0.05) is 19.1 Å². The topological polar surface area (TPSA) is 78.0 Å². The molecule has 0 bridgehead atoms. The van der Waals surface area contributed by atoms with Crippen LogP contribution in [0.5, 0.6) is 0 Å². The van der Waals surface area contributed by atoms with E-state index in [1.54, 1.807) is 25.2 Å². The number of pyridine rings is 1. The molecule has 8 heteroatoms. The van der Waals surface area contributed by atoms with Crippen molar-refractivity contribution in [3.63, 3.8) is 0 Å². The van der Waals surface area contributed by atoms with E-state index in [0.717, 1.165) is 30.4 Å². The van der Waals surface area contributed by atoms with Crippen LogP contribution in [0.2, 0.25) is 0 Å². The molecule has 35 heavy (non-hydrogen) atoms. The maximum Gasteiger partial charge on any atom is 0.349 e. The standard InChI is InChI=1S/C27H31FN6O/c1-5-23(21-10-8-19(12-22(21)28)18-6-7-18)33-14-17(3)34(15-16(33)2)26-25-24(32(4)27(35)31-26)11-9-20(13-29)30-25/h8-12,16-18,23H,5-7,14-15H2,1-4H3/t16-,17+,23?/m1/s1. The minimum absolute atomic E-state index is 0.0180. The Morgan fingerprint density at radius 2 is 1.91 bits per heavy atom. The van der Waals surface area contributed by atoms with E-state index in [0.29, 0.717) is 35.9 Å². The van der Waals surface area contributed by atoms with E-state index in [1.807, 2.05) is 6.07 Å². The number of anilines is 1. The number of nitrogens with zero attached hydrogens (tertiary/aromatic N) is 6. The highest BCUT2D eigenvalue weighted by molar-refractivity contribution is 5.86. The molecule has 1 saturated carbocycles. The molecule has 3 heterocycles. The highest BCUT2D eigenvalue weighted by Crippen LogP contribution is 2.41. The molecule has 2 fully saturated rings. The number of halogens is 1. The normalized spacial score (nSPS) is 21.8. The van der Waals surface area contributed by atoms with Gasteiger partial charge in [-0.25, -0.2) is 14.2 Å². The highest BCUT2D eigenvalue weighted by atomic mass is 19.1. The van der Waals surface area contributed by atoms with Gasteiger partial charge in [-0.3, -0.25) is 9.47 Å². The Bertz CT molecular complexity index is 1370. The Morgan fingerprint density at radius 1 is 1.14 bits per heavy atom. The molecule has 182 valence electrons. The van der Waals surface area contributed by atoms with Crippen molar-refractivity contribution in [3.05, 3.63) is 63.5 Å². The lowest BCUT2D eigenvalue weighted by atomic mass is 9.95. The Morgan fingerprint density at radius 3 is 2.57 bits per heavy atom. The third kappa shape index (κ3) is 4.19. The van der Waals surface area contributed by atoms with Crippen molar-refractivity contribution >= 4 is 16.9 Å². The highest BCUT2D eigenvalue weighted by Gasteiger charge is 2.36. The van der Waals surface area contributed by atoms with Gasteiger partial charge in [0.2, 0.25) is 0 Å². The van der Waals surface area contributed by atoms with Gasteiger partial charge < -0.3 is 4.90 Å². The smallest absolute Gasteiger partial charge is 0.349 e. The molecule has 0 amide bonds.